The molecule has 0 aliphatic heterocycles. The van der Waals surface area contributed by atoms with Gasteiger partial charge in [0.15, 0.2) is 0 Å². The van der Waals surface area contributed by atoms with Crippen LogP contribution in [0.1, 0.15) is 16.1 Å². The maximum atomic E-state index is 13.5. The van der Waals surface area contributed by atoms with Crippen molar-refractivity contribution in [3.63, 3.8) is 0 Å². The Kier molecular flexibility index (Phi) is 7.58. The Bertz CT molecular complexity index is 986. The van der Waals surface area contributed by atoms with Crippen LogP contribution >= 0.6 is 34.7 Å². The maximum Gasteiger partial charge on any atom is 0.348 e. The fourth-order valence-electron chi connectivity index (χ4n) is 2.80. The largest absolute Gasteiger partial charge is 0.494 e. The van der Waals surface area contributed by atoms with Crippen LogP contribution in [0.25, 0.3) is 21.6 Å². The number of halogens is 2. The summed E-state index contributed by atoms with van der Waals surface area (Å²) in [6, 6.07) is 13.7. The molecule has 0 radical (unpaired) electrons. The van der Waals surface area contributed by atoms with Crippen molar-refractivity contribution in [2.24, 2.45) is 0 Å². The van der Waals surface area contributed by atoms with Crippen molar-refractivity contribution in [1.29, 1.82) is 0 Å². The van der Waals surface area contributed by atoms with Gasteiger partial charge in [0, 0.05) is 16.0 Å². The van der Waals surface area contributed by atoms with Crippen LogP contribution < -0.4 is 4.74 Å². The average molecular weight is 451 g/mol. The first kappa shape index (κ1) is 21.7. The van der Waals surface area contributed by atoms with Crippen LogP contribution in [0, 0.1) is 5.82 Å². The molecule has 0 unspecified atom stereocenters. The monoisotopic (exact) mass is 450 g/mol. The van der Waals surface area contributed by atoms with Crippen molar-refractivity contribution < 1.29 is 18.7 Å². The van der Waals surface area contributed by atoms with Gasteiger partial charge in [-0.1, -0.05) is 23.7 Å². The Hall–Kier alpha value is -2.02. The van der Waals surface area contributed by atoms with E-state index in [9.17, 15) is 9.18 Å². The number of thioether (sulfide) groups is 1. The molecule has 29 heavy (non-hydrogen) atoms. The number of hydrogen-bond donors (Lipinski definition) is 0. The minimum Gasteiger partial charge on any atom is -0.494 e. The van der Waals surface area contributed by atoms with E-state index in [-0.39, 0.29) is 0 Å². The lowest BCUT2D eigenvalue weighted by Crippen LogP contribution is -1.98. The number of rotatable bonds is 8. The standard InChI is InChI=1S/C22H20ClFO3S2/c1-26-22(25)20-13-18(21(29-20)17-9-6-15(24)12-19(17)23)14-4-7-16(8-5-14)27-10-3-11-28-2/h4-9,12-13H,3,10-11H2,1-2H3. The SMILES string of the molecule is COC(=O)c1cc(-c2ccc(OCCCSC)cc2)c(-c2ccc(F)cc2Cl)s1. The van der Waals surface area contributed by atoms with Gasteiger partial charge in [-0.25, -0.2) is 9.18 Å². The molecular formula is C22H20ClFO3S2. The molecule has 2 aromatic carbocycles. The Morgan fingerprint density at radius 2 is 1.90 bits per heavy atom. The first-order chi connectivity index (χ1) is 14.0. The molecule has 3 nitrogen and oxygen atoms in total. The van der Waals surface area contributed by atoms with Crippen molar-refractivity contribution in [3.05, 3.63) is 64.2 Å². The molecule has 0 aliphatic carbocycles. The Labute approximate surface area is 182 Å². The molecule has 0 saturated carbocycles. The van der Waals surface area contributed by atoms with Crippen molar-refractivity contribution in [2.45, 2.75) is 6.42 Å². The molecule has 3 rings (SSSR count). The third-order valence-corrected chi connectivity index (χ3v) is 6.38. The predicted octanol–water partition coefficient (Wildman–Crippen LogP) is 6.79. The number of thiophene rings is 1. The van der Waals surface area contributed by atoms with Crippen molar-refractivity contribution in [1.82, 2.24) is 0 Å². The highest BCUT2D eigenvalue weighted by Gasteiger charge is 2.19. The van der Waals surface area contributed by atoms with Gasteiger partial charge < -0.3 is 9.47 Å². The van der Waals surface area contributed by atoms with E-state index in [2.05, 4.69) is 6.26 Å². The Morgan fingerprint density at radius 1 is 1.14 bits per heavy atom. The molecule has 0 saturated heterocycles. The summed E-state index contributed by atoms with van der Waals surface area (Å²) in [6.45, 7) is 0.668. The predicted molar refractivity (Wildman–Crippen MR) is 120 cm³/mol. The fraction of sp³-hybridized carbons (Fsp3) is 0.227. The van der Waals surface area contributed by atoms with Crippen LogP contribution in [-0.2, 0) is 4.74 Å². The van der Waals surface area contributed by atoms with Crippen LogP contribution in [0.4, 0.5) is 4.39 Å². The van der Waals surface area contributed by atoms with Crippen molar-refractivity contribution >= 4 is 40.7 Å². The van der Waals surface area contributed by atoms with Gasteiger partial charge in [-0.2, -0.15) is 11.8 Å². The molecule has 1 heterocycles. The molecule has 7 heteroatoms. The third kappa shape index (κ3) is 5.32. The molecule has 1 aromatic heterocycles. The first-order valence-corrected chi connectivity index (χ1v) is 11.5. The summed E-state index contributed by atoms with van der Waals surface area (Å²) in [7, 11) is 1.34. The normalized spacial score (nSPS) is 10.8. The zero-order valence-corrected chi connectivity index (χ0v) is 18.4. The maximum absolute atomic E-state index is 13.5. The van der Waals surface area contributed by atoms with Gasteiger partial charge in [-0.3, -0.25) is 0 Å². The van der Waals surface area contributed by atoms with E-state index in [1.165, 1.54) is 30.6 Å². The number of carbonyl (C=O) groups is 1. The van der Waals surface area contributed by atoms with Gasteiger partial charge in [-0.05, 0) is 60.4 Å². The van der Waals surface area contributed by atoms with E-state index in [1.807, 2.05) is 24.3 Å². The summed E-state index contributed by atoms with van der Waals surface area (Å²) in [5.74, 6) is 1.02. The Morgan fingerprint density at radius 3 is 2.55 bits per heavy atom. The summed E-state index contributed by atoms with van der Waals surface area (Å²) < 4.78 is 24.1. The second-order valence-corrected chi connectivity index (χ2v) is 8.63. The Balaban J connectivity index is 1.95. The lowest BCUT2D eigenvalue weighted by Gasteiger charge is -2.09. The number of carbonyl (C=O) groups excluding carboxylic acids is 1. The summed E-state index contributed by atoms with van der Waals surface area (Å²) in [6.07, 6.45) is 3.06. The van der Waals surface area contributed by atoms with E-state index in [1.54, 1.807) is 23.9 Å². The lowest BCUT2D eigenvalue weighted by molar-refractivity contribution is 0.0606. The second kappa shape index (κ2) is 10.1. The number of benzene rings is 2. The molecule has 0 bridgehead atoms. The molecule has 0 spiro atoms. The molecular weight excluding hydrogens is 431 g/mol. The van der Waals surface area contributed by atoms with E-state index in [0.29, 0.717) is 22.1 Å². The zero-order valence-electron chi connectivity index (χ0n) is 16.0. The van der Waals surface area contributed by atoms with Gasteiger partial charge in [0.1, 0.15) is 16.4 Å². The van der Waals surface area contributed by atoms with Crippen LogP contribution in [0.2, 0.25) is 5.02 Å². The van der Waals surface area contributed by atoms with Gasteiger partial charge in [0.25, 0.3) is 0 Å². The van der Waals surface area contributed by atoms with Crippen LogP contribution in [-0.4, -0.2) is 31.7 Å². The van der Waals surface area contributed by atoms with Gasteiger partial charge >= 0.3 is 5.97 Å². The minimum atomic E-state index is -0.422. The topological polar surface area (TPSA) is 35.5 Å². The van der Waals surface area contributed by atoms with Crippen molar-refractivity contribution in [3.8, 4) is 27.3 Å². The molecule has 3 aromatic rings. The molecule has 0 atom stereocenters. The van der Waals surface area contributed by atoms with E-state index < -0.39 is 11.8 Å². The molecule has 152 valence electrons. The number of esters is 1. The quantitative estimate of drug-likeness (QED) is 0.279. The highest BCUT2D eigenvalue weighted by molar-refractivity contribution is 7.98. The van der Waals surface area contributed by atoms with Crippen LogP contribution in [0.15, 0.2) is 48.5 Å². The van der Waals surface area contributed by atoms with Gasteiger partial charge in [-0.15, -0.1) is 11.3 Å². The van der Waals surface area contributed by atoms with Gasteiger partial charge in [0.2, 0.25) is 0 Å². The average Bonchev–Trinajstić information content (AvgIpc) is 3.16. The van der Waals surface area contributed by atoms with E-state index >= 15 is 0 Å². The molecule has 0 fully saturated rings. The van der Waals surface area contributed by atoms with Crippen LogP contribution in [0.3, 0.4) is 0 Å². The minimum absolute atomic E-state index is 0.290. The van der Waals surface area contributed by atoms with E-state index in [0.717, 1.165) is 33.9 Å². The summed E-state index contributed by atoms with van der Waals surface area (Å²) in [4.78, 5) is 13.3. The highest BCUT2D eigenvalue weighted by atomic mass is 35.5. The van der Waals surface area contributed by atoms with Crippen LogP contribution in [0.5, 0.6) is 5.75 Å². The molecule has 0 amide bonds. The number of hydrogen-bond acceptors (Lipinski definition) is 5. The number of ether oxygens (including phenoxy) is 2. The van der Waals surface area contributed by atoms with Gasteiger partial charge in [0.05, 0.1) is 18.7 Å². The summed E-state index contributed by atoms with van der Waals surface area (Å²) >= 11 is 9.35. The molecule has 0 aliphatic rings. The summed E-state index contributed by atoms with van der Waals surface area (Å²) in [5.41, 5.74) is 2.40. The summed E-state index contributed by atoms with van der Waals surface area (Å²) in [5, 5.41) is 0.290. The fourth-order valence-corrected chi connectivity index (χ4v) is 4.67. The molecule has 0 N–H and O–H groups in total. The first-order valence-electron chi connectivity index (χ1n) is 8.93. The second-order valence-electron chi connectivity index (χ2n) is 6.19. The third-order valence-electron chi connectivity index (χ3n) is 4.22. The zero-order chi connectivity index (χ0) is 20.8. The lowest BCUT2D eigenvalue weighted by atomic mass is 10.0. The highest BCUT2D eigenvalue weighted by Crippen LogP contribution is 2.42. The van der Waals surface area contributed by atoms with E-state index in [4.69, 9.17) is 21.1 Å². The number of methoxy groups -OCH3 is 1. The van der Waals surface area contributed by atoms with Crippen molar-refractivity contribution in [2.75, 3.05) is 25.7 Å². The smallest absolute Gasteiger partial charge is 0.348 e.